The largest absolute Gasteiger partial charge is 0.378 e. The van der Waals surface area contributed by atoms with Crippen LogP contribution in [-0.2, 0) is 11.2 Å². The van der Waals surface area contributed by atoms with E-state index >= 15 is 0 Å². The Hall–Kier alpha value is -0.900. The normalized spacial score (nSPS) is 21.1. The molecular formula is C15H24N2O. The molecule has 1 fully saturated rings. The van der Waals surface area contributed by atoms with Crippen LogP contribution in [0.25, 0.3) is 0 Å². The monoisotopic (exact) mass is 248 g/mol. The number of benzene rings is 1. The summed E-state index contributed by atoms with van der Waals surface area (Å²) >= 11 is 0. The van der Waals surface area contributed by atoms with Crippen molar-refractivity contribution in [1.29, 1.82) is 0 Å². The number of hydrazine groups is 1. The van der Waals surface area contributed by atoms with E-state index in [2.05, 4.69) is 36.6 Å². The van der Waals surface area contributed by atoms with Gasteiger partial charge in [0, 0.05) is 12.6 Å². The van der Waals surface area contributed by atoms with Gasteiger partial charge in [-0.2, -0.15) is 0 Å². The molecule has 0 amide bonds. The highest BCUT2D eigenvalue weighted by Crippen LogP contribution is 2.18. The van der Waals surface area contributed by atoms with Gasteiger partial charge in [0.2, 0.25) is 0 Å². The average Bonchev–Trinajstić information content (AvgIpc) is 2.87. The van der Waals surface area contributed by atoms with Gasteiger partial charge >= 0.3 is 0 Å². The third kappa shape index (κ3) is 4.09. The molecule has 1 saturated heterocycles. The van der Waals surface area contributed by atoms with E-state index in [4.69, 9.17) is 10.6 Å². The lowest BCUT2D eigenvalue weighted by Crippen LogP contribution is -2.37. The second-order valence-electron chi connectivity index (χ2n) is 5.27. The van der Waals surface area contributed by atoms with Gasteiger partial charge in [-0.15, -0.1) is 0 Å². The third-order valence-electron chi connectivity index (χ3n) is 3.66. The van der Waals surface area contributed by atoms with Crippen molar-refractivity contribution in [3.05, 3.63) is 35.4 Å². The highest BCUT2D eigenvalue weighted by molar-refractivity contribution is 5.22. The summed E-state index contributed by atoms with van der Waals surface area (Å²) < 4.78 is 5.65. The SMILES string of the molecule is Cc1cccc(CC(CCC2CCCO2)NN)c1. The molecule has 3 nitrogen and oxygen atoms in total. The molecule has 3 N–H and O–H groups in total. The highest BCUT2D eigenvalue weighted by atomic mass is 16.5. The molecule has 2 atom stereocenters. The van der Waals surface area contributed by atoms with Crippen LogP contribution in [0.1, 0.15) is 36.8 Å². The van der Waals surface area contributed by atoms with Crippen molar-refractivity contribution in [2.75, 3.05) is 6.61 Å². The van der Waals surface area contributed by atoms with Gasteiger partial charge in [-0.3, -0.25) is 11.3 Å². The van der Waals surface area contributed by atoms with Crippen LogP contribution >= 0.6 is 0 Å². The molecule has 1 aromatic carbocycles. The first-order chi connectivity index (χ1) is 8.78. The summed E-state index contributed by atoms with van der Waals surface area (Å²) in [4.78, 5) is 0. The molecule has 2 rings (SSSR count). The second-order valence-corrected chi connectivity index (χ2v) is 5.27. The zero-order valence-corrected chi connectivity index (χ0v) is 11.2. The Morgan fingerprint density at radius 1 is 1.50 bits per heavy atom. The molecule has 1 aromatic rings. The Kier molecular flexibility index (Phi) is 5.17. The molecule has 18 heavy (non-hydrogen) atoms. The summed E-state index contributed by atoms with van der Waals surface area (Å²) in [7, 11) is 0. The average molecular weight is 248 g/mol. The van der Waals surface area contributed by atoms with Crippen molar-refractivity contribution in [3.63, 3.8) is 0 Å². The Labute approximate surface area is 110 Å². The summed E-state index contributed by atoms with van der Waals surface area (Å²) in [5.74, 6) is 5.65. The summed E-state index contributed by atoms with van der Waals surface area (Å²) in [6, 6.07) is 8.98. The second kappa shape index (κ2) is 6.88. The maximum absolute atomic E-state index is 5.65. The molecule has 0 bridgehead atoms. The molecule has 0 saturated carbocycles. The van der Waals surface area contributed by atoms with Gasteiger partial charge in [-0.05, 0) is 44.6 Å². The lowest BCUT2D eigenvalue weighted by Gasteiger charge is -2.18. The van der Waals surface area contributed by atoms with E-state index < -0.39 is 0 Å². The molecule has 100 valence electrons. The van der Waals surface area contributed by atoms with Crippen LogP contribution in [0.3, 0.4) is 0 Å². The fourth-order valence-corrected chi connectivity index (χ4v) is 2.63. The number of hydrogen-bond donors (Lipinski definition) is 2. The van der Waals surface area contributed by atoms with Crippen LogP contribution in [-0.4, -0.2) is 18.8 Å². The molecule has 0 radical (unpaired) electrons. The zero-order valence-electron chi connectivity index (χ0n) is 11.2. The van der Waals surface area contributed by atoms with Crippen LogP contribution in [0.5, 0.6) is 0 Å². The summed E-state index contributed by atoms with van der Waals surface area (Å²) in [6.07, 6.45) is 6.06. The minimum absolute atomic E-state index is 0.344. The molecule has 0 spiro atoms. The topological polar surface area (TPSA) is 47.3 Å². The van der Waals surface area contributed by atoms with Crippen molar-refractivity contribution in [2.45, 2.75) is 51.2 Å². The van der Waals surface area contributed by atoms with Gasteiger partial charge in [0.25, 0.3) is 0 Å². The van der Waals surface area contributed by atoms with Gasteiger partial charge in [-0.25, -0.2) is 0 Å². The van der Waals surface area contributed by atoms with Gasteiger partial charge in [0.05, 0.1) is 6.10 Å². The van der Waals surface area contributed by atoms with E-state index in [1.54, 1.807) is 0 Å². The minimum Gasteiger partial charge on any atom is -0.378 e. The smallest absolute Gasteiger partial charge is 0.0576 e. The lowest BCUT2D eigenvalue weighted by atomic mass is 9.99. The van der Waals surface area contributed by atoms with Gasteiger partial charge < -0.3 is 4.74 Å². The number of hydrogen-bond acceptors (Lipinski definition) is 3. The summed E-state index contributed by atoms with van der Waals surface area (Å²) in [5.41, 5.74) is 5.60. The molecular weight excluding hydrogens is 224 g/mol. The van der Waals surface area contributed by atoms with E-state index in [-0.39, 0.29) is 0 Å². The Balaban J connectivity index is 1.81. The Morgan fingerprint density at radius 2 is 2.39 bits per heavy atom. The first-order valence-corrected chi connectivity index (χ1v) is 6.91. The number of rotatable bonds is 6. The Morgan fingerprint density at radius 3 is 3.06 bits per heavy atom. The number of nitrogens with one attached hydrogen (secondary N) is 1. The molecule has 1 aliphatic heterocycles. The van der Waals surface area contributed by atoms with Gasteiger partial charge in [0.1, 0.15) is 0 Å². The first kappa shape index (κ1) is 13.5. The van der Waals surface area contributed by atoms with Crippen LogP contribution in [0, 0.1) is 6.92 Å². The molecule has 1 heterocycles. The number of aryl methyl sites for hydroxylation is 1. The van der Waals surface area contributed by atoms with Crippen molar-refractivity contribution in [3.8, 4) is 0 Å². The highest BCUT2D eigenvalue weighted by Gasteiger charge is 2.17. The predicted molar refractivity (Wildman–Crippen MR) is 74.2 cm³/mol. The van der Waals surface area contributed by atoms with E-state index in [0.717, 1.165) is 25.9 Å². The van der Waals surface area contributed by atoms with Crippen molar-refractivity contribution in [2.24, 2.45) is 5.84 Å². The van der Waals surface area contributed by atoms with Crippen LogP contribution in [0.15, 0.2) is 24.3 Å². The molecule has 0 aromatic heterocycles. The van der Waals surface area contributed by atoms with E-state index in [0.29, 0.717) is 12.1 Å². The molecule has 0 aliphatic carbocycles. The first-order valence-electron chi connectivity index (χ1n) is 6.91. The van der Waals surface area contributed by atoms with Crippen molar-refractivity contribution < 1.29 is 4.74 Å². The number of ether oxygens (including phenoxy) is 1. The van der Waals surface area contributed by atoms with Crippen molar-refractivity contribution >= 4 is 0 Å². The van der Waals surface area contributed by atoms with Gasteiger partial charge in [-0.1, -0.05) is 29.8 Å². The fourth-order valence-electron chi connectivity index (χ4n) is 2.63. The number of nitrogens with two attached hydrogens (primary N) is 1. The predicted octanol–water partition coefficient (Wildman–Crippen LogP) is 2.33. The minimum atomic E-state index is 0.344. The van der Waals surface area contributed by atoms with E-state index in [1.165, 1.54) is 24.0 Å². The van der Waals surface area contributed by atoms with Crippen LogP contribution in [0.2, 0.25) is 0 Å². The lowest BCUT2D eigenvalue weighted by molar-refractivity contribution is 0.0996. The molecule has 3 heteroatoms. The van der Waals surface area contributed by atoms with E-state index in [9.17, 15) is 0 Å². The molecule has 2 unspecified atom stereocenters. The maximum Gasteiger partial charge on any atom is 0.0576 e. The third-order valence-corrected chi connectivity index (χ3v) is 3.66. The van der Waals surface area contributed by atoms with Crippen LogP contribution in [0.4, 0.5) is 0 Å². The zero-order chi connectivity index (χ0) is 12.8. The Bertz CT molecular complexity index is 361. The standard InChI is InChI=1S/C15H24N2O/c1-12-4-2-5-13(10-12)11-14(17-16)7-8-15-6-3-9-18-15/h2,4-5,10,14-15,17H,3,6-9,11,16H2,1H3. The van der Waals surface area contributed by atoms with Crippen molar-refractivity contribution in [1.82, 2.24) is 5.43 Å². The summed E-state index contributed by atoms with van der Waals surface area (Å²) in [6.45, 7) is 3.06. The fraction of sp³-hybridized carbons (Fsp3) is 0.600. The summed E-state index contributed by atoms with van der Waals surface area (Å²) in [5, 5.41) is 0. The van der Waals surface area contributed by atoms with Crippen LogP contribution < -0.4 is 11.3 Å². The molecule has 1 aliphatic rings. The van der Waals surface area contributed by atoms with Gasteiger partial charge in [0.15, 0.2) is 0 Å². The quantitative estimate of drug-likeness (QED) is 0.600. The maximum atomic E-state index is 5.65. The van der Waals surface area contributed by atoms with E-state index in [1.807, 2.05) is 0 Å².